The number of rotatable bonds is 1. The van der Waals surface area contributed by atoms with Crippen molar-refractivity contribution in [1.29, 1.82) is 5.26 Å². The Kier molecular flexibility index (Phi) is 2.74. The van der Waals surface area contributed by atoms with E-state index in [-0.39, 0.29) is 0 Å². The standard InChI is InChI=1S/C13H12N2O/c1-9-11(7-15-2)8-16-13-5-10(6-14)3-4-12(9)13/h5,7H,1-4,8H2/b11-7-. The summed E-state index contributed by atoms with van der Waals surface area (Å²) in [4.78, 5) is 3.74. The Balaban J connectivity index is 2.37. The Morgan fingerprint density at radius 1 is 1.50 bits per heavy atom. The van der Waals surface area contributed by atoms with Crippen LogP contribution in [0.25, 0.3) is 0 Å². The van der Waals surface area contributed by atoms with E-state index in [4.69, 9.17) is 10.00 Å². The molecule has 0 N–H and O–H groups in total. The molecule has 2 rings (SSSR count). The molecule has 0 saturated heterocycles. The van der Waals surface area contributed by atoms with E-state index in [9.17, 15) is 0 Å². The van der Waals surface area contributed by atoms with Gasteiger partial charge >= 0.3 is 0 Å². The third-order valence-electron chi connectivity index (χ3n) is 2.77. The van der Waals surface area contributed by atoms with E-state index in [1.165, 1.54) is 0 Å². The second-order valence-electron chi connectivity index (χ2n) is 3.73. The first kappa shape index (κ1) is 10.4. The number of ether oxygens (including phenoxy) is 1. The lowest BCUT2D eigenvalue weighted by Gasteiger charge is -2.26. The first-order chi connectivity index (χ1) is 7.76. The fourth-order valence-corrected chi connectivity index (χ4v) is 1.88. The quantitative estimate of drug-likeness (QED) is 0.627. The number of nitrogens with zero attached hydrogens (tertiary/aromatic N) is 2. The van der Waals surface area contributed by atoms with Crippen LogP contribution in [-0.2, 0) is 4.74 Å². The van der Waals surface area contributed by atoms with Crippen LogP contribution in [0.3, 0.4) is 0 Å². The fourth-order valence-electron chi connectivity index (χ4n) is 1.88. The predicted molar refractivity (Wildman–Crippen MR) is 62.7 cm³/mol. The van der Waals surface area contributed by atoms with E-state index in [0.717, 1.165) is 40.9 Å². The van der Waals surface area contributed by atoms with Crippen molar-refractivity contribution in [3.05, 3.63) is 46.9 Å². The normalized spacial score (nSPS) is 22.1. The molecule has 0 aromatic rings. The van der Waals surface area contributed by atoms with Gasteiger partial charge in [0.1, 0.15) is 12.4 Å². The zero-order valence-corrected chi connectivity index (χ0v) is 8.99. The van der Waals surface area contributed by atoms with Gasteiger partial charge in [0.05, 0.1) is 6.07 Å². The second kappa shape index (κ2) is 4.19. The minimum absolute atomic E-state index is 0.450. The summed E-state index contributed by atoms with van der Waals surface area (Å²) in [5.74, 6) is 0.786. The summed E-state index contributed by atoms with van der Waals surface area (Å²) in [5.41, 5.74) is 3.77. The number of allylic oxidation sites excluding steroid dienone is 3. The molecule has 0 aromatic heterocycles. The van der Waals surface area contributed by atoms with Gasteiger partial charge in [-0.1, -0.05) is 6.58 Å². The number of aliphatic imine (C=N–C) groups is 1. The summed E-state index contributed by atoms with van der Waals surface area (Å²) in [6.07, 6.45) is 5.05. The van der Waals surface area contributed by atoms with Crippen LogP contribution < -0.4 is 0 Å². The van der Waals surface area contributed by atoms with E-state index in [1.807, 2.05) is 6.08 Å². The molecule has 1 aliphatic heterocycles. The van der Waals surface area contributed by atoms with Crippen LogP contribution in [0.2, 0.25) is 0 Å². The minimum atomic E-state index is 0.450. The number of hydrogen-bond acceptors (Lipinski definition) is 3. The van der Waals surface area contributed by atoms with Crippen molar-refractivity contribution >= 4 is 6.72 Å². The highest BCUT2D eigenvalue weighted by molar-refractivity contribution is 5.54. The Morgan fingerprint density at radius 2 is 2.31 bits per heavy atom. The zero-order chi connectivity index (χ0) is 11.5. The van der Waals surface area contributed by atoms with Gasteiger partial charge in [0.15, 0.2) is 0 Å². The van der Waals surface area contributed by atoms with Crippen molar-refractivity contribution in [3.8, 4) is 6.07 Å². The summed E-state index contributed by atoms with van der Waals surface area (Å²) in [7, 11) is 0. The summed E-state index contributed by atoms with van der Waals surface area (Å²) in [6, 6.07) is 2.16. The minimum Gasteiger partial charge on any atom is -0.488 e. The van der Waals surface area contributed by atoms with Gasteiger partial charge in [-0.25, -0.2) is 0 Å². The van der Waals surface area contributed by atoms with Crippen LogP contribution in [-0.4, -0.2) is 13.3 Å². The molecule has 2 aliphatic rings. The maximum Gasteiger partial charge on any atom is 0.124 e. The first-order valence-corrected chi connectivity index (χ1v) is 5.07. The lowest BCUT2D eigenvalue weighted by atomic mass is 9.88. The van der Waals surface area contributed by atoms with E-state index in [1.54, 1.807) is 6.20 Å². The van der Waals surface area contributed by atoms with Gasteiger partial charge in [0, 0.05) is 22.9 Å². The summed E-state index contributed by atoms with van der Waals surface area (Å²) >= 11 is 0. The molecule has 3 heteroatoms. The van der Waals surface area contributed by atoms with Crippen LogP contribution in [0.4, 0.5) is 0 Å². The average Bonchev–Trinajstić information content (AvgIpc) is 2.32. The Labute approximate surface area is 94.7 Å². The van der Waals surface area contributed by atoms with E-state index in [2.05, 4.69) is 24.4 Å². The number of nitriles is 1. The maximum absolute atomic E-state index is 8.83. The van der Waals surface area contributed by atoms with E-state index < -0.39 is 0 Å². The molecule has 0 spiro atoms. The molecule has 3 nitrogen and oxygen atoms in total. The zero-order valence-electron chi connectivity index (χ0n) is 8.99. The van der Waals surface area contributed by atoms with Gasteiger partial charge in [0.2, 0.25) is 0 Å². The van der Waals surface area contributed by atoms with Crippen molar-refractivity contribution in [2.24, 2.45) is 4.99 Å². The van der Waals surface area contributed by atoms with Crippen molar-refractivity contribution in [2.45, 2.75) is 12.8 Å². The lowest BCUT2D eigenvalue weighted by molar-refractivity contribution is 0.240. The van der Waals surface area contributed by atoms with Crippen molar-refractivity contribution in [3.63, 3.8) is 0 Å². The Morgan fingerprint density at radius 3 is 3.00 bits per heavy atom. The molecule has 80 valence electrons. The van der Waals surface area contributed by atoms with E-state index in [0.29, 0.717) is 6.61 Å². The second-order valence-corrected chi connectivity index (χ2v) is 3.73. The highest BCUT2D eigenvalue weighted by atomic mass is 16.5. The van der Waals surface area contributed by atoms with Crippen LogP contribution in [0.15, 0.2) is 51.9 Å². The molecular weight excluding hydrogens is 200 g/mol. The van der Waals surface area contributed by atoms with Gasteiger partial charge in [-0.2, -0.15) is 5.26 Å². The van der Waals surface area contributed by atoms with Crippen molar-refractivity contribution in [2.75, 3.05) is 6.61 Å². The highest BCUT2D eigenvalue weighted by Gasteiger charge is 2.23. The molecule has 0 bridgehead atoms. The maximum atomic E-state index is 8.83. The molecule has 0 unspecified atom stereocenters. The Hall–Kier alpha value is -2.08. The average molecular weight is 212 g/mol. The van der Waals surface area contributed by atoms with Crippen LogP contribution in [0.1, 0.15) is 12.8 Å². The highest BCUT2D eigenvalue weighted by Crippen LogP contribution is 2.35. The molecule has 1 aliphatic carbocycles. The molecular formula is C13H12N2O. The van der Waals surface area contributed by atoms with Gasteiger partial charge in [-0.3, -0.25) is 4.99 Å². The Bertz CT molecular complexity index is 487. The summed E-state index contributed by atoms with van der Waals surface area (Å²) < 4.78 is 5.58. The monoisotopic (exact) mass is 212 g/mol. The predicted octanol–water partition coefficient (Wildman–Crippen LogP) is 2.66. The molecule has 0 atom stereocenters. The van der Waals surface area contributed by atoms with Gasteiger partial charge in [-0.15, -0.1) is 0 Å². The van der Waals surface area contributed by atoms with Gasteiger partial charge < -0.3 is 4.74 Å². The lowest BCUT2D eigenvalue weighted by Crippen LogP contribution is -2.14. The molecule has 0 fully saturated rings. The topological polar surface area (TPSA) is 45.4 Å². The van der Waals surface area contributed by atoms with Crippen molar-refractivity contribution in [1.82, 2.24) is 0 Å². The largest absolute Gasteiger partial charge is 0.488 e. The van der Waals surface area contributed by atoms with Gasteiger partial charge in [-0.05, 0) is 31.2 Å². The fraction of sp³-hybridized carbons (Fsp3) is 0.231. The smallest absolute Gasteiger partial charge is 0.124 e. The third-order valence-corrected chi connectivity index (χ3v) is 2.77. The van der Waals surface area contributed by atoms with Crippen LogP contribution in [0.5, 0.6) is 0 Å². The summed E-state index contributed by atoms with van der Waals surface area (Å²) in [6.45, 7) is 7.92. The SMILES string of the molecule is C=N/C=C1/COC2=C(CCC(C#N)=C2)C1=C. The summed E-state index contributed by atoms with van der Waals surface area (Å²) in [5, 5.41) is 8.83. The molecule has 0 aromatic carbocycles. The molecule has 0 radical (unpaired) electrons. The first-order valence-electron chi connectivity index (χ1n) is 5.07. The molecule has 0 saturated carbocycles. The van der Waals surface area contributed by atoms with Gasteiger partial charge in [0.25, 0.3) is 0 Å². The number of hydrogen-bond donors (Lipinski definition) is 0. The molecule has 0 amide bonds. The van der Waals surface area contributed by atoms with E-state index >= 15 is 0 Å². The molecule has 16 heavy (non-hydrogen) atoms. The van der Waals surface area contributed by atoms with Crippen LogP contribution in [0, 0.1) is 11.3 Å². The van der Waals surface area contributed by atoms with Crippen molar-refractivity contribution < 1.29 is 4.74 Å². The van der Waals surface area contributed by atoms with Crippen LogP contribution >= 0.6 is 0 Å². The third kappa shape index (κ3) is 1.70. The molecule has 1 heterocycles.